The predicted molar refractivity (Wildman–Crippen MR) is 209 cm³/mol. The fourth-order valence-corrected chi connectivity index (χ4v) is 8.72. The lowest BCUT2D eigenvalue weighted by Gasteiger charge is -2.40. The van der Waals surface area contributed by atoms with Gasteiger partial charge in [-0.15, -0.1) is 0 Å². The minimum Gasteiger partial charge on any atom is -0.508 e. The van der Waals surface area contributed by atoms with Crippen LogP contribution in [-0.4, -0.2) is 80.1 Å². The number of piperazine rings is 1. The standard InChI is InChI=1S/C39H42N4O3.C5H7NO2/c44-33-11-13-35-37(23-33)46-26-36(28-4-2-1-3-5-28)38(35)29-6-8-31(9-7-29)42-16-14-27(15-17-42)25-41-18-20-43(21-19-41)32-10-12-34-30(22-32)24-40-39(34)45;7-4-2-1-3-5(8)6-4/h1-13,22-23,27,36,38,44H,14-21,24-26H2,(H,40,45);1-3H2,(H,6,7,8)/t36-,38?;/m1./s1. The van der Waals surface area contributed by atoms with Gasteiger partial charge in [-0.3, -0.25) is 24.6 Å². The SMILES string of the molecule is O=C1CCCC(=O)N1.O=C1NCc2cc(N3CCN(CC4CCN(c5ccc(C6c7ccc(O)cc7OC[C@@H]6c6ccccc6)cc5)CC4)CC3)ccc21. The van der Waals surface area contributed by atoms with E-state index in [1.807, 2.05) is 12.1 Å². The Morgan fingerprint density at radius 1 is 0.722 bits per heavy atom. The lowest BCUT2D eigenvalue weighted by Crippen LogP contribution is -2.49. The van der Waals surface area contributed by atoms with E-state index in [0.717, 1.165) is 67.6 Å². The third-order valence-electron chi connectivity index (χ3n) is 11.7. The Kier molecular flexibility index (Phi) is 10.5. The molecule has 0 bridgehead atoms. The van der Waals surface area contributed by atoms with Gasteiger partial charge in [0.25, 0.3) is 5.91 Å². The number of imide groups is 1. The van der Waals surface area contributed by atoms with E-state index in [2.05, 4.69) is 92.1 Å². The van der Waals surface area contributed by atoms with E-state index in [1.165, 1.54) is 41.9 Å². The van der Waals surface area contributed by atoms with Crippen LogP contribution in [0.25, 0.3) is 0 Å². The molecule has 2 atom stereocenters. The second-order valence-corrected chi connectivity index (χ2v) is 15.2. The summed E-state index contributed by atoms with van der Waals surface area (Å²) < 4.78 is 6.16. The number of benzene rings is 4. The van der Waals surface area contributed by atoms with Gasteiger partial charge >= 0.3 is 0 Å². The molecule has 0 spiro atoms. The van der Waals surface area contributed by atoms with E-state index in [-0.39, 0.29) is 35.3 Å². The van der Waals surface area contributed by atoms with Crippen LogP contribution in [0.3, 0.4) is 0 Å². The van der Waals surface area contributed by atoms with Gasteiger partial charge in [-0.1, -0.05) is 48.5 Å². The van der Waals surface area contributed by atoms with Crippen LogP contribution in [-0.2, 0) is 16.1 Å². The van der Waals surface area contributed by atoms with Crippen LogP contribution >= 0.6 is 0 Å². The normalized spacial score (nSPS) is 21.6. The monoisotopic (exact) mass is 727 g/mol. The van der Waals surface area contributed by atoms with E-state index in [0.29, 0.717) is 32.4 Å². The molecule has 3 N–H and O–H groups in total. The summed E-state index contributed by atoms with van der Waals surface area (Å²) in [6, 6.07) is 31.7. The number of ether oxygens (including phenoxy) is 1. The second-order valence-electron chi connectivity index (χ2n) is 15.2. The van der Waals surface area contributed by atoms with Crippen LogP contribution < -0.4 is 25.2 Å². The largest absolute Gasteiger partial charge is 0.508 e. The molecule has 0 radical (unpaired) electrons. The highest BCUT2D eigenvalue weighted by atomic mass is 16.5. The molecule has 3 amide bonds. The van der Waals surface area contributed by atoms with Crippen LogP contribution in [0.1, 0.15) is 76.6 Å². The van der Waals surface area contributed by atoms with Gasteiger partial charge in [0.05, 0.1) is 6.61 Å². The molecular weight excluding hydrogens is 679 g/mol. The van der Waals surface area contributed by atoms with E-state index in [4.69, 9.17) is 4.74 Å². The van der Waals surface area contributed by atoms with Crippen LogP contribution in [0, 0.1) is 5.92 Å². The summed E-state index contributed by atoms with van der Waals surface area (Å²) in [7, 11) is 0. The number of carbonyl (C=O) groups excluding carboxylic acids is 3. The average molecular weight is 728 g/mol. The molecule has 3 fully saturated rings. The number of fused-ring (bicyclic) bond motifs is 2. The molecule has 9 rings (SSSR count). The Labute approximate surface area is 317 Å². The van der Waals surface area contributed by atoms with Crippen molar-refractivity contribution in [1.82, 2.24) is 15.5 Å². The second kappa shape index (κ2) is 15.9. The molecule has 4 aromatic rings. The number of phenolic OH excluding ortho intramolecular Hbond substituents is 1. The number of nitrogens with zero attached hydrogens (tertiary/aromatic N) is 3. The summed E-state index contributed by atoms with van der Waals surface area (Å²) in [4.78, 5) is 40.3. The Hall–Kier alpha value is -5.35. The maximum Gasteiger partial charge on any atom is 0.251 e. The van der Waals surface area contributed by atoms with Gasteiger partial charge in [0, 0.05) is 106 Å². The molecule has 5 heterocycles. The van der Waals surface area contributed by atoms with Crippen molar-refractivity contribution in [2.24, 2.45) is 5.92 Å². The van der Waals surface area contributed by atoms with Gasteiger partial charge < -0.3 is 25.0 Å². The number of anilines is 2. The number of piperidine rings is 2. The summed E-state index contributed by atoms with van der Waals surface area (Å²) in [5.41, 5.74) is 8.19. The van der Waals surface area contributed by atoms with Crippen LogP contribution in [0.15, 0.2) is 91.0 Å². The summed E-state index contributed by atoms with van der Waals surface area (Å²) in [5, 5.41) is 15.2. The molecule has 10 heteroatoms. The first-order valence-electron chi connectivity index (χ1n) is 19.4. The Morgan fingerprint density at radius 2 is 1.43 bits per heavy atom. The molecule has 54 heavy (non-hydrogen) atoms. The number of phenols is 1. The van der Waals surface area contributed by atoms with Crippen LogP contribution in [0.5, 0.6) is 11.5 Å². The van der Waals surface area contributed by atoms with E-state index in [1.54, 1.807) is 12.1 Å². The molecule has 0 aliphatic carbocycles. The van der Waals surface area contributed by atoms with Crippen molar-refractivity contribution in [1.29, 1.82) is 0 Å². The van der Waals surface area contributed by atoms with E-state index < -0.39 is 0 Å². The molecule has 280 valence electrons. The predicted octanol–water partition coefficient (Wildman–Crippen LogP) is 5.80. The number of rotatable bonds is 6. The smallest absolute Gasteiger partial charge is 0.251 e. The molecule has 1 unspecified atom stereocenters. The highest BCUT2D eigenvalue weighted by molar-refractivity contribution is 5.99. The fourth-order valence-electron chi connectivity index (χ4n) is 8.72. The van der Waals surface area contributed by atoms with Crippen molar-refractivity contribution in [3.63, 3.8) is 0 Å². The summed E-state index contributed by atoms with van der Waals surface area (Å²) >= 11 is 0. The lowest BCUT2D eigenvalue weighted by molar-refractivity contribution is -0.132. The molecule has 0 aromatic heterocycles. The topological polar surface area (TPSA) is 114 Å². The third kappa shape index (κ3) is 7.94. The molecule has 4 aromatic carbocycles. The molecule has 0 saturated carbocycles. The van der Waals surface area contributed by atoms with Crippen LogP contribution in [0.2, 0.25) is 0 Å². The number of hydrogen-bond acceptors (Lipinski definition) is 8. The van der Waals surface area contributed by atoms with E-state index >= 15 is 0 Å². The van der Waals surface area contributed by atoms with Crippen molar-refractivity contribution in [2.75, 3.05) is 62.2 Å². The first kappa shape index (κ1) is 35.7. The zero-order valence-electron chi connectivity index (χ0n) is 30.7. The van der Waals surface area contributed by atoms with Gasteiger partial charge in [0.2, 0.25) is 11.8 Å². The summed E-state index contributed by atoms with van der Waals surface area (Å²) in [5.74, 6) is 1.90. The average Bonchev–Trinajstić information content (AvgIpc) is 3.58. The van der Waals surface area contributed by atoms with Gasteiger partial charge in [0.1, 0.15) is 11.5 Å². The molecule has 3 saturated heterocycles. The van der Waals surface area contributed by atoms with Crippen molar-refractivity contribution < 1.29 is 24.2 Å². The number of carbonyl (C=O) groups is 3. The zero-order chi connectivity index (χ0) is 37.0. The van der Waals surface area contributed by atoms with Crippen LogP contribution in [0.4, 0.5) is 11.4 Å². The Morgan fingerprint density at radius 3 is 2.13 bits per heavy atom. The molecule has 5 aliphatic heterocycles. The summed E-state index contributed by atoms with van der Waals surface area (Å²) in [6.07, 6.45) is 4.17. The highest BCUT2D eigenvalue weighted by Gasteiger charge is 2.34. The minimum atomic E-state index is -0.138. The maximum atomic E-state index is 11.9. The van der Waals surface area contributed by atoms with Crippen molar-refractivity contribution >= 4 is 29.1 Å². The van der Waals surface area contributed by atoms with Gasteiger partial charge in [-0.05, 0) is 78.3 Å². The van der Waals surface area contributed by atoms with Crippen molar-refractivity contribution in [2.45, 2.75) is 50.5 Å². The highest BCUT2D eigenvalue weighted by Crippen LogP contribution is 2.47. The molecule has 5 aliphatic rings. The van der Waals surface area contributed by atoms with E-state index in [9.17, 15) is 19.5 Å². The number of amides is 3. The van der Waals surface area contributed by atoms with Crippen molar-refractivity contribution in [3.8, 4) is 11.5 Å². The molecule has 10 nitrogen and oxygen atoms in total. The number of hydrogen-bond donors (Lipinski definition) is 3. The quantitative estimate of drug-likeness (QED) is 0.214. The number of aromatic hydroxyl groups is 1. The van der Waals surface area contributed by atoms with Gasteiger partial charge in [-0.2, -0.15) is 0 Å². The number of nitrogens with one attached hydrogen (secondary N) is 2. The first-order chi connectivity index (χ1) is 26.4. The van der Waals surface area contributed by atoms with Crippen molar-refractivity contribution in [3.05, 3.63) is 119 Å². The summed E-state index contributed by atoms with van der Waals surface area (Å²) in [6.45, 7) is 8.87. The Balaban J connectivity index is 0.000000461. The van der Waals surface area contributed by atoms with Gasteiger partial charge in [0.15, 0.2) is 0 Å². The fraction of sp³-hybridized carbons (Fsp3) is 0.386. The zero-order valence-corrected chi connectivity index (χ0v) is 30.7. The minimum absolute atomic E-state index is 0.0510. The third-order valence-corrected chi connectivity index (χ3v) is 11.7. The molecular formula is C44H49N5O5. The Bertz CT molecular complexity index is 1960. The van der Waals surface area contributed by atoms with Gasteiger partial charge in [-0.25, -0.2) is 0 Å². The lowest BCUT2D eigenvalue weighted by atomic mass is 9.76. The first-order valence-corrected chi connectivity index (χ1v) is 19.4. The maximum absolute atomic E-state index is 11.9.